The monoisotopic (exact) mass is 460 g/mol. The lowest BCUT2D eigenvalue weighted by Crippen LogP contribution is -2.57. The van der Waals surface area contributed by atoms with E-state index in [0.717, 1.165) is 6.42 Å². The third-order valence-electron chi connectivity index (χ3n) is 6.51. The third kappa shape index (κ3) is 7.36. The van der Waals surface area contributed by atoms with E-state index in [0.29, 0.717) is 39.6 Å². The minimum atomic E-state index is -0.829. The molecule has 2 rings (SSSR count). The molecule has 2 fully saturated rings. The van der Waals surface area contributed by atoms with Crippen molar-refractivity contribution in [1.29, 1.82) is 0 Å². The van der Waals surface area contributed by atoms with Crippen molar-refractivity contribution in [3.63, 3.8) is 0 Å². The molecule has 7 nitrogen and oxygen atoms in total. The maximum absolute atomic E-state index is 10.4. The quantitative estimate of drug-likeness (QED) is 0.513. The van der Waals surface area contributed by atoms with Gasteiger partial charge in [0.1, 0.15) is 0 Å². The summed E-state index contributed by atoms with van der Waals surface area (Å²) < 4.78 is 36.3. The number of aliphatic hydroxyl groups is 1. The van der Waals surface area contributed by atoms with Gasteiger partial charge in [-0.2, -0.15) is 0 Å². The van der Waals surface area contributed by atoms with Gasteiger partial charge in [0.05, 0.1) is 50.7 Å². The molecule has 0 amide bonds. The van der Waals surface area contributed by atoms with Crippen LogP contribution in [0, 0.1) is 21.7 Å². The van der Waals surface area contributed by atoms with Gasteiger partial charge < -0.3 is 33.5 Å². The molecule has 2 saturated heterocycles. The molecule has 0 radical (unpaired) electrons. The third-order valence-corrected chi connectivity index (χ3v) is 6.51. The van der Waals surface area contributed by atoms with E-state index in [2.05, 4.69) is 13.8 Å². The van der Waals surface area contributed by atoms with Crippen LogP contribution in [0.3, 0.4) is 0 Å². The Hall–Kier alpha value is -0.280. The van der Waals surface area contributed by atoms with Gasteiger partial charge in [0.25, 0.3) is 0 Å². The van der Waals surface area contributed by atoms with Crippen LogP contribution in [-0.2, 0) is 28.4 Å². The zero-order valence-electron chi connectivity index (χ0n) is 22.1. The second kappa shape index (κ2) is 10.1. The van der Waals surface area contributed by atoms with Crippen LogP contribution in [0.25, 0.3) is 0 Å². The van der Waals surface area contributed by atoms with Gasteiger partial charge in [0.2, 0.25) is 0 Å². The maximum Gasteiger partial charge on any atom is 0.164 e. The Bertz CT molecular complexity index is 576. The molecule has 0 aromatic rings. The highest BCUT2D eigenvalue weighted by Gasteiger charge is 2.48. The van der Waals surface area contributed by atoms with Crippen LogP contribution in [0.5, 0.6) is 0 Å². The van der Waals surface area contributed by atoms with Crippen molar-refractivity contribution in [3.8, 4) is 0 Å². The van der Waals surface area contributed by atoms with Gasteiger partial charge in [0, 0.05) is 16.2 Å². The highest BCUT2D eigenvalue weighted by Crippen LogP contribution is 2.39. The Labute approximate surface area is 195 Å². The molecule has 0 aromatic carbocycles. The van der Waals surface area contributed by atoms with E-state index in [1.807, 2.05) is 55.4 Å². The molecule has 190 valence electrons. The lowest BCUT2D eigenvalue weighted by atomic mass is 9.86. The molecular weight excluding hydrogens is 412 g/mol. The summed E-state index contributed by atoms with van der Waals surface area (Å²) in [5.41, 5.74) is -1.48. The first-order valence-corrected chi connectivity index (χ1v) is 11.9. The molecule has 0 aromatic heterocycles. The summed E-state index contributed by atoms with van der Waals surface area (Å²) in [5.74, 6) is 0. The predicted molar refractivity (Wildman–Crippen MR) is 123 cm³/mol. The summed E-state index contributed by atoms with van der Waals surface area (Å²) >= 11 is 0. The summed E-state index contributed by atoms with van der Waals surface area (Å²) in [6, 6.07) is 0. The van der Waals surface area contributed by atoms with Crippen LogP contribution in [-0.4, -0.2) is 69.2 Å². The van der Waals surface area contributed by atoms with E-state index in [-0.39, 0.29) is 28.1 Å². The Morgan fingerprint density at radius 3 is 1.56 bits per heavy atom. The second-order valence-electron chi connectivity index (χ2n) is 12.8. The topological polar surface area (TPSA) is 75.6 Å². The normalized spacial score (nSPS) is 29.3. The summed E-state index contributed by atoms with van der Waals surface area (Å²) in [6.07, 6.45) is -0.751. The van der Waals surface area contributed by atoms with Crippen molar-refractivity contribution < 1.29 is 33.5 Å². The molecule has 1 N–H and O–H groups in total. The van der Waals surface area contributed by atoms with Crippen LogP contribution < -0.4 is 0 Å². The lowest BCUT2D eigenvalue weighted by molar-refractivity contribution is -0.341. The fraction of sp³-hybridized carbons (Fsp3) is 1.00. The van der Waals surface area contributed by atoms with Gasteiger partial charge in [-0.15, -0.1) is 0 Å². The van der Waals surface area contributed by atoms with Gasteiger partial charge in [-0.05, 0) is 27.2 Å². The SMILES string of the molecule is CCC(C)(C)C(O)OCC(C)(C)C1OCC2(CO1)COC(C(C)(C)COC(C)(C)C)OC2. The summed E-state index contributed by atoms with van der Waals surface area (Å²) in [4.78, 5) is 0. The van der Waals surface area contributed by atoms with E-state index >= 15 is 0 Å². The first-order chi connectivity index (χ1) is 14.5. The smallest absolute Gasteiger partial charge is 0.164 e. The molecule has 1 unspecified atom stereocenters. The average molecular weight is 461 g/mol. The summed E-state index contributed by atoms with van der Waals surface area (Å²) in [7, 11) is 0. The van der Waals surface area contributed by atoms with Crippen LogP contribution >= 0.6 is 0 Å². The van der Waals surface area contributed by atoms with E-state index in [9.17, 15) is 5.11 Å². The van der Waals surface area contributed by atoms with Crippen LogP contribution in [0.4, 0.5) is 0 Å². The molecule has 1 spiro atoms. The van der Waals surface area contributed by atoms with Crippen LogP contribution in [0.1, 0.15) is 75.7 Å². The van der Waals surface area contributed by atoms with Gasteiger partial charge >= 0.3 is 0 Å². The first-order valence-electron chi connectivity index (χ1n) is 11.9. The standard InChI is InChI=1S/C25H48O7/c1-11-22(5,6)18(26)27-12-23(7,8)19-28-14-25(15-29-19)16-30-20(31-17-25)24(9,10)13-32-21(2,3)4/h18-20,26H,11-17H2,1-10H3. The van der Waals surface area contributed by atoms with Crippen molar-refractivity contribution >= 4 is 0 Å². The highest BCUT2D eigenvalue weighted by molar-refractivity contribution is 4.89. The molecule has 2 heterocycles. The second-order valence-corrected chi connectivity index (χ2v) is 12.8. The molecule has 7 heteroatoms. The minimum Gasteiger partial charge on any atom is -0.375 e. The van der Waals surface area contributed by atoms with Crippen molar-refractivity contribution in [2.45, 2.75) is 100 Å². The largest absolute Gasteiger partial charge is 0.375 e. The molecule has 0 bridgehead atoms. The molecule has 2 aliphatic rings. The molecule has 2 aliphatic heterocycles. The van der Waals surface area contributed by atoms with Crippen molar-refractivity contribution in [2.75, 3.05) is 39.6 Å². The number of rotatable bonds is 9. The fourth-order valence-electron chi connectivity index (χ4n) is 3.49. The number of aliphatic hydroxyl groups excluding tert-OH is 1. The Morgan fingerprint density at radius 1 is 0.781 bits per heavy atom. The zero-order valence-corrected chi connectivity index (χ0v) is 22.1. The molecule has 0 saturated carbocycles. The van der Waals surface area contributed by atoms with Gasteiger partial charge in [-0.25, -0.2) is 0 Å². The fourth-order valence-corrected chi connectivity index (χ4v) is 3.49. The van der Waals surface area contributed by atoms with Crippen molar-refractivity contribution in [2.24, 2.45) is 21.7 Å². The van der Waals surface area contributed by atoms with Crippen molar-refractivity contribution in [1.82, 2.24) is 0 Å². The molecule has 0 aliphatic carbocycles. The van der Waals surface area contributed by atoms with Crippen LogP contribution in [0.2, 0.25) is 0 Å². The molecule has 1 atom stereocenters. The average Bonchev–Trinajstić information content (AvgIpc) is 2.71. The Morgan fingerprint density at radius 2 is 1.19 bits per heavy atom. The predicted octanol–water partition coefficient (Wildman–Crippen LogP) is 4.36. The van der Waals surface area contributed by atoms with E-state index < -0.39 is 18.0 Å². The minimum absolute atomic E-state index is 0.202. The van der Waals surface area contributed by atoms with E-state index in [4.69, 9.17) is 28.4 Å². The first kappa shape index (κ1) is 28.0. The maximum atomic E-state index is 10.4. The van der Waals surface area contributed by atoms with Crippen molar-refractivity contribution in [3.05, 3.63) is 0 Å². The van der Waals surface area contributed by atoms with Gasteiger partial charge in [-0.3, -0.25) is 0 Å². The molecule has 32 heavy (non-hydrogen) atoms. The number of hydrogen-bond donors (Lipinski definition) is 1. The Balaban J connectivity index is 1.83. The highest BCUT2D eigenvalue weighted by atomic mass is 16.7. The summed E-state index contributed by atoms with van der Waals surface area (Å²) in [5, 5.41) is 10.4. The van der Waals surface area contributed by atoms with Gasteiger partial charge in [-0.1, -0.05) is 48.5 Å². The number of hydrogen-bond acceptors (Lipinski definition) is 7. The lowest BCUT2D eigenvalue weighted by Gasteiger charge is -2.49. The number of ether oxygens (including phenoxy) is 6. The van der Waals surface area contributed by atoms with Crippen LogP contribution in [0.15, 0.2) is 0 Å². The summed E-state index contributed by atoms with van der Waals surface area (Å²) in [6.45, 7) is 23.4. The Kier molecular flexibility index (Phi) is 8.86. The van der Waals surface area contributed by atoms with E-state index in [1.54, 1.807) is 0 Å². The molecular formula is C25H48O7. The van der Waals surface area contributed by atoms with E-state index in [1.165, 1.54) is 0 Å². The van der Waals surface area contributed by atoms with Gasteiger partial charge in [0.15, 0.2) is 18.9 Å². The zero-order chi connectivity index (χ0) is 24.4.